The second kappa shape index (κ2) is 9.95. The molecule has 1 rings (SSSR count). The van der Waals surface area contributed by atoms with Crippen LogP contribution in [0.25, 0.3) is 0 Å². The Balaban J connectivity index is 1.98. The third kappa shape index (κ3) is 7.33. The molecule has 0 aliphatic rings. The molecule has 18 heavy (non-hydrogen) atoms. The van der Waals surface area contributed by atoms with Crippen molar-refractivity contribution >= 4 is 0 Å². The molecule has 0 amide bonds. The van der Waals surface area contributed by atoms with E-state index in [2.05, 4.69) is 6.92 Å². The van der Waals surface area contributed by atoms with Gasteiger partial charge in [-0.15, -0.1) is 0 Å². The highest BCUT2D eigenvalue weighted by Crippen LogP contribution is 2.11. The van der Waals surface area contributed by atoms with Crippen molar-refractivity contribution in [2.75, 3.05) is 6.61 Å². The zero-order chi connectivity index (χ0) is 13.1. The van der Waals surface area contributed by atoms with E-state index in [1.807, 2.05) is 30.3 Å². The summed E-state index contributed by atoms with van der Waals surface area (Å²) < 4.78 is 5.56. The SMILES string of the molecule is CCCCCCCC(O)CCOc1ccccc1. The maximum absolute atomic E-state index is 9.80. The van der Waals surface area contributed by atoms with E-state index < -0.39 is 0 Å². The van der Waals surface area contributed by atoms with Crippen LogP contribution in [0.1, 0.15) is 51.9 Å². The lowest BCUT2D eigenvalue weighted by Crippen LogP contribution is -2.11. The van der Waals surface area contributed by atoms with Crippen molar-refractivity contribution in [3.05, 3.63) is 30.3 Å². The molecule has 1 N–H and O–H groups in total. The largest absolute Gasteiger partial charge is 0.493 e. The minimum atomic E-state index is -0.213. The Kier molecular flexibility index (Phi) is 8.32. The topological polar surface area (TPSA) is 29.5 Å². The van der Waals surface area contributed by atoms with E-state index in [4.69, 9.17) is 4.74 Å². The van der Waals surface area contributed by atoms with Crippen molar-refractivity contribution in [1.29, 1.82) is 0 Å². The van der Waals surface area contributed by atoms with Crippen molar-refractivity contribution in [1.82, 2.24) is 0 Å². The molecule has 0 saturated carbocycles. The van der Waals surface area contributed by atoms with Crippen LogP contribution >= 0.6 is 0 Å². The van der Waals surface area contributed by atoms with Gasteiger partial charge >= 0.3 is 0 Å². The normalized spacial score (nSPS) is 12.3. The molecule has 0 bridgehead atoms. The number of rotatable bonds is 10. The van der Waals surface area contributed by atoms with Crippen LogP contribution in [0.15, 0.2) is 30.3 Å². The quantitative estimate of drug-likeness (QED) is 0.631. The van der Waals surface area contributed by atoms with E-state index in [1.54, 1.807) is 0 Å². The van der Waals surface area contributed by atoms with Gasteiger partial charge in [-0.2, -0.15) is 0 Å². The number of aliphatic hydroxyl groups excluding tert-OH is 1. The lowest BCUT2D eigenvalue weighted by molar-refractivity contribution is 0.128. The molecule has 0 aliphatic heterocycles. The summed E-state index contributed by atoms with van der Waals surface area (Å²) in [4.78, 5) is 0. The van der Waals surface area contributed by atoms with Crippen molar-refractivity contribution in [3.63, 3.8) is 0 Å². The van der Waals surface area contributed by atoms with Crippen LogP contribution in [-0.2, 0) is 0 Å². The fourth-order valence-electron chi connectivity index (χ4n) is 1.96. The van der Waals surface area contributed by atoms with Crippen LogP contribution < -0.4 is 4.74 Å². The predicted molar refractivity (Wildman–Crippen MR) is 75.9 cm³/mol. The number of aliphatic hydroxyl groups is 1. The highest BCUT2D eigenvalue weighted by atomic mass is 16.5. The molecule has 102 valence electrons. The Hall–Kier alpha value is -1.02. The smallest absolute Gasteiger partial charge is 0.119 e. The highest BCUT2D eigenvalue weighted by molar-refractivity contribution is 5.20. The number of unbranched alkanes of at least 4 members (excludes halogenated alkanes) is 4. The van der Waals surface area contributed by atoms with Gasteiger partial charge in [0.15, 0.2) is 0 Å². The Morgan fingerprint density at radius 3 is 2.44 bits per heavy atom. The minimum Gasteiger partial charge on any atom is -0.493 e. The third-order valence-electron chi connectivity index (χ3n) is 3.10. The van der Waals surface area contributed by atoms with E-state index in [1.165, 1.54) is 25.7 Å². The van der Waals surface area contributed by atoms with Gasteiger partial charge in [-0.1, -0.05) is 57.2 Å². The molecule has 0 aromatic heterocycles. The Labute approximate surface area is 111 Å². The van der Waals surface area contributed by atoms with Gasteiger partial charge in [0.05, 0.1) is 12.7 Å². The molecular weight excluding hydrogens is 224 g/mol. The molecular formula is C16H26O2. The average Bonchev–Trinajstić information content (AvgIpc) is 2.40. The summed E-state index contributed by atoms with van der Waals surface area (Å²) in [6.07, 6.45) is 7.67. The zero-order valence-corrected chi connectivity index (χ0v) is 11.5. The first kappa shape index (κ1) is 15.0. The van der Waals surface area contributed by atoms with Crippen LogP contribution in [0, 0.1) is 0 Å². The summed E-state index contributed by atoms with van der Waals surface area (Å²) in [5.41, 5.74) is 0. The molecule has 1 aromatic carbocycles. The molecule has 0 saturated heterocycles. The summed E-state index contributed by atoms with van der Waals surface area (Å²) in [5.74, 6) is 0.882. The molecule has 1 atom stereocenters. The van der Waals surface area contributed by atoms with Crippen molar-refractivity contribution in [3.8, 4) is 5.75 Å². The maximum atomic E-state index is 9.80. The predicted octanol–water partition coefficient (Wildman–Crippen LogP) is 4.18. The van der Waals surface area contributed by atoms with Gasteiger partial charge in [0.2, 0.25) is 0 Å². The fourth-order valence-corrected chi connectivity index (χ4v) is 1.96. The van der Waals surface area contributed by atoms with Crippen molar-refractivity contribution < 1.29 is 9.84 Å². The molecule has 0 aliphatic carbocycles. The van der Waals surface area contributed by atoms with Crippen LogP contribution in [-0.4, -0.2) is 17.8 Å². The molecule has 0 fully saturated rings. The maximum Gasteiger partial charge on any atom is 0.119 e. The monoisotopic (exact) mass is 250 g/mol. The number of hydrogen-bond acceptors (Lipinski definition) is 2. The first-order chi connectivity index (χ1) is 8.83. The van der Waals surface area contributed by atoms with Crippen LogP contribution in [0.2, 0.25) is 0 Å². The van der Waals surface area contributed by atoms with Gasteiger partial charge in [0, 0.05) is 6.42 Å². The summed E-state index contributed by atoms with van der Waals surface area (Å²) in [5, 5.41) is 9.80. The molecule has 1 unspecified atom stereocenters. The number of ether oxygens (including phenoxy) is 1. The van der Waals surface area contributed by atoms with Crippen LogP contribution in [0.5, 0.6) is 5.75 Å². The Morgan fingerprint density at radius 1 is 1.00 bits per heavy atom. The number of hydrogen-bond donors (Lipinski definition) is 1. The molecule has 0 heterocycles. The summed E-state index contributed by atoms with van der Waals surface area (Å²) in [6, 6.07) is 9.77. The number of para-hydroxylation sites is 1. The molecule has 2 heteroatoms. The summed E-state index contributed by atoms with van der Waals surface area (Å²) >= 11 is 0. The van der Waals surface area contributed by atoms with E-state index in [0.717, 1.165) is 25.0 Å². The van der Waals surface area contributed by atoms with Crippen LogP contribution in [0.3, 0.4) is 0 Å². The number of benzene rings is 1. The van der Waals surface area contributed by atoms with E-state index in [9.17, 15) is 5.11 Å². The second-order valence-electron chi connectivity index (χ2n) is 4.81. The van der Waals surface area contributed by atoms with Gasteiger partial charge in [0.25, 0.3) is 0 Å². The summed E-state index contributed by atoms with van der Waals surface area (Å²) in [7, 11) is 0. The van der Waals surface area contributed by atoms with Gasteiger partial charge < -0.3 is 9.84 Å². The highest BCUT2D eigenvalue weighted by Gasteiger charge is 2.04. The van der Waals surface area contributed by atoms with E-state index >= 15 is 0 Å². The first-order valence-corrected chi connectivity index (χ1v) is 7.19. The second-order valence-corrected chi connectivity index (χ2v) is 4.81. The first-order valence-electron chi connectivity index (χ1n) is 7.19. The van der Waals surface area contributed by atoms with Gasteiger partial charge in [-0.25, -0.2) is 0 Å². The van der Waals surface area contributed by atoms with Crippen LogP contribution in [0.4, 0.5) is 0 Å². The third-order valence-corrected chi connectivity index (χ3v) is 3.10. The van der Waals surface area contributed by atoms with Gasteiger partial charge in [-0.3, -0.25) is 0 Å². The van der Waals surface area contributed by atoms with E-state index in [-0.39, 0.29) is 6.10 Å². The molecule has 0 radical (unpaired) electrons. The van der Waals surface area contributed by atoms with Crippen molar-refractivity contribution in [2.24, 2.45) is 0 Å². The summed E-state index contributed by atoms with van der Waals surface area (Å²) in [6.45, 7) is 2.82. The Morgan fingerprint density at radius 2 is 1.72 bits per heavy atom. The van der Waals surface area contributed by atoms with Crippen molar-refractivity contribution in [2.45, 2.75) is 58.0 Å². The fraction of sp³-hybridized carbons (Fsp3) is 0.625. The minimum absolute atomic E-state index is 0.213. The molecule has 1 aromatic rings. The van der Waals surface area contributed by atoms with Gasteiger partial charge in [0.1, 0.15) is 5.75 Å². The zero-order valence-electron chi connectivity index (χ0n) is 11.5. The Bertz CT molecular complexity index is 284. The van der Waals surface area contributed by atoms with Gasteiger partial charge in [-0.05, 0) is 18.6 Å². The lowest BCUT2D eigenvalue weighted by Gasteiger charge is -2.11. The van der Waals surface area contributed by atoms with E-state index in [0.29, 0.717) is 6.61 Å². The molecule has 0 spiro atoms. The molecule has 2 nitrogen and oxygen atoms in total. The lowest BCUT2D eigenvalue weighted by atomic mass is 10.1. The standard InChI is InChI=1S/C16H26O2/c1-2-3-4-5-7-10-15(17)13-14-18-16-11-8-6-9-12-16/h6,8-9,11-12,15,17H,2-5,7,10,13-14H2,1H3. The average molecular weight is 250 g/mol.